The zero-order valence-electron chi connectivity index (χ0n) is 9.54. The highest BCUT2D eigenvalue weighted by Crippen LogP contribution is 2.27. The van der Waals surface area contributed by atoms with Crippen molar-refractivity contribution in [3.63, 3.8) is 0 Å². The summed E-state index contributed by atoms with van der Waals surface area (Å²) < 4.78 is 6.17. The largest absolute Gasteiger partial charge is 0.385 e. The maximum atomic E-state index is 5.60. The highest BCUT2D eigenvalue weighted by molar-refractivity contribution is 9.10. The van der Waals surface area contributed by atoms with Gasteiger partial charge in [0.15, 0.2) is 0 Å². The van der Waals surface area contributed by atoms with E-state index in [1.165, 1.54) is 10.5 Å². The monoisotopic (exact) mass is 303 g/mol. The fourth-order valence-electron chi connectivity index (χ4n) is 1.41. The Morgan fingerprint density at radius 1 is 1.44 bits per heavy atom. The molecule has 0 fully saturated rings. The predicted molar refractivity (Wildman–Crippen MR) is 74.1 cm³/mol. The molecule has 1 rings (SSSR count). The van der Waals surface area contributed by atoms with Crippen LogP contribution in [-0.4, -0.2) is 26.0 Å². The van der Waals surface area contributed by atoms with Crippen LogP contribution in [0.2, 0.25) is 0 Å². The molecular weight excluding hydrogens is 286 g/mol. The van der Waals surface area contributed by atoms with Crippen molar-refractivity contribution in [3.05, 3.63) is 28.2 Å². The first-order valence-corrected chi connectivity index (χ1v) is 7.16. The van der Waals surface area contributed by atoms with Crippen LogP contribution in [0.15, 0.2) is 27.6 Å². The maximum absolute atomic E-state index is 5.60. The molecule has 4 heteroatoms. The minimum Gasteiger partial charge on any atom is -0.385 e. The summed E-state index contributed by atoms with van der Waals surface area (Å²) in [6.07, 6.45) is 2.02. The molecule has 0 aliphatic carbocycles. The third kappa shape index (κ3) is 4.87. The van der Waals surface area contributed by atoms with Crippen LogP contribution in [0, 0.1) is 0 Å². The van der Waals surface area contributed by atoms with Crippen molar-refractivity contribution in [2.75, 3.05) is 26.0 Å². The number of hydrogen-bond donors (Lipinski definition) is 1. The molecule has 0 amide bonds. The first kappa shape index (κ1) is 14.0. The van der Waals surface area contributed by atoms with Crippen molar-refractivity contribution < 1.29 is 4.74 Å². The van der Waals surface area contributed by atoms with Crippen LogP contribution in [0.25, 0.3) is 0 Å². The molecule has 16 heavy (non-hydrogen) atoms. The molecule has 0 spiro atoms. The Labute approximate surface area is 110 Å². The van der Waals surface area contributed by atoms with Crippen molar-refractivity contribution in [2.45, 2.75) is 17.7 Å². The molecule has 1 aromatic rings. The van der Waals surface area contributed by atoms with E-state index in [0.717, 1.165) is 29.7 Å². The van der Waals surface area contributed by atoms with Crippen LogP contribution in [0.3, 0.4) is 0 Å². The summed E-state index contributed by atoms with van der Waals surface area (Å²) in [4.78, 5) is 1.33. The van der Waals surface area contributed by atoms with E-state index in [-0.39, 0.29) is 0 Å². The van der Waals surface area contributed by atoms with E-state index in [1.807, 2.05) is 11.8 Å². The molecule has 0 saturated heterocycles. The molecule has 90 valence electrons. The standard InChI is InChI=1S/C12H18BrNOS/c1-15-7-2-8-16-12-9-11(13)4-3-10(12)5-6-14/h3-4,9H,2,5-8,14H2,1H3. The van der Waals surface area contributed by atoms with Gasteiger partial charge in [-0.05, 0) is 37.1 Å². The molecule has 0 aromatic heterocycles. The van der Waals surface area contributed by atoms with E-state index in [0.29, 0.717) is 6.54 Å². The lowest BCUT2D eigenvalue weighted by molar-refractivity contribution is 0.200. The molecule has 0 atom stereocenters. The van der Waals surface area contributed by atoms with E-state index in [1.54, 1.807) is 7.11 Å². The van der Waals surface area contributed by atoms with Gasteiger partial charge in [0.2, 0.25) is 0 Å². The minimum atomic E-state index is 0.702. The zero-order valence-corrected chi connectivity index (χ0v) is 11.9. The lowest BCUT2D eigenvalue weighted by Crippen LogP contribution is -2.04. The second-order valence-electron chi connectivity index (χ2n) is 3.49. The highest BCUT2D eigenvalue weighted by Gasteiger charge is 2.03. The first-order valence-electron chi connectivity index (χ1n) is 5.38. The second kappa shape index (κ2) is 8.12. The smallest absolute Gasteiger partial charge is 0.0470 e. The molecule has 0 radical (unpaired) electrons. The van der Waals surface area contributed by atoms with Crippen LogP contribution in [0.4, 0.5) is 0 Å². The lowest BCUT2D eigenvalue weighted by Gasteiger charge is -2.08. The third-order valence-corrected chi connectivity index (χ3v) is 3.87. The van der Waals surface area contributed by atoms with E-state index in [4.69, 9.17) is 10.5 Å². The van der Waals surface area contributed by atoms with Crippen LogP contribution in [0.1, 0.15) is 12.0 Å². The Morgan fingerprint density at radius 2 is 2.25 bits per heavy atom. The SMILES string of the molecule is COCCCSc1cc(Br)ccc1CCN. The van der Waals surface area contributed by atoms with E-state index in [2.05, 4.69) is 34.1 Å². The summed E-state index contributed by atoms with van der Waals surface area (Å²) in [6.45, 7) is 1.53. The fraction of sp³-hybridized carbons (Fsp3) is 0.500. The fourth-order valence-corrected chi connectivity index (χ4v) is 2.97. The molecular formula is C12H18BrNOS. The Morgan fingerprint density at radius 3 is 2.94 bits per heavy atom. The van der Waals surface area contributed by atoms with Crippen molar-refractivity contribution in [1.82, 2.24) is 0 Å². The van der Waals surface area contributed by atoms with Gasteiger partial charge in [0.25, 0.3) is 0 Å². The predicted octanol–water partition coefficient (Wildman–Crippen LogP) is 3.08. The van der Waals surface area contributed by atoms with Gasteiger partial charge in [0.1, 0.15) is 0 Å². The van der Waals surface area contributed by atoms with Gasteiger partial charge in [0, 0.05) is 28.8 Å². The van der Waals surface area contributed by atoms with Crippen LogP contribution < -0.4 is 5.73 Å². The number of nitrogens with two attached hydrogens (primary N) is 1. The number of methoxy groups -OCH3 is 1. The van der Waals surface area contributed by atoms with Crippen molar-refractivity contribution in [1.29, 1.82) is 0 Å². The molecule has 0 bridgehead atoms. The number of ether oxygens (including phenoxy) is 1. The van der Waals surface area contributed by atoms with Gasteiger partial charge < -0.3 is 10.5 Å². The number of thioether (sulfide) groups is 1. The summed E-state index contributed by atoms with van der Waals surface area (Å²) in [7, 11) is 1.74. The minimum absolute atomic E-state index is 0.702. The summed E-state index contributed by atoms with van der Waals surface area (Å²) in [6, 6.07) is 6.39. The third-order valence-electron chi connectivity index (χ3n) is 2.19. The van der Waals surface area contributed by atoms with Gasteiger partial charge in [-0.2, -0.15) is 0 Å². The van der Waals surface area contributed by atoms with E-state index in [9.17, 15) is 0 Å². The first-order chi connectivity index (χ1) is 7.77. The second-order valence-corrected chi connectivity index (χ2v) is 5.54. The number of rotatable bonds is 7. The average Bonchev–Trinajstić information content (AvgIpc) is 2.28. The van der Waals surface area contributed by atoms with Crippen molar-refractivity contribution in [2.24, 2.45) is 5.73 Å². The van der Waals surface area contributed by atoms with Gasteiger partial charge in [0.05, 0.1) is 0 Å². The number of halogens is 1. The number of benzene rings is 1. The Kier molecular flexibility index (Phi) is 7.12. The molecule has 0 aliphatic rings. The molecule has 2 N–H and O–H groups in total. The van der Waals surface area contributed by atoms with Gasteiger partial charge in [-0.15, -0.1) is 11.8 Å². The summed E-state index contributed by atoms with van der Waals surface area (Å²) >= 11 is 5.38. The quantitative estimate of drug-likeness (QED) is 0.621. The highest BCUT2D eigenvalue weighted by atomic mass is 79.9. The maximum Gasteiger partial charge on any atom is 0.0470 e. The Balaban J connectivity index is 2.57. The molecule has 2 nitrogen and oxygen atoms in total. The molecule has 0 heterocycles. The molecule has 1 aromatic carbocycles. The molecule has 0 saturated carbocycles. The van der Waals surface area contributed by atoms with Gasteiger partial charge in [-0.25, -0.2) is 0 Å². The molecule has 0 unspecified atom stereocenters. The van der Waals surface area contributed by atoms with Crippen molar-refractivity contribution >= 4 is 27.7 Å². The Bertz CT molecular complexity index is 320. The van der Waals surface area contributed by atoms with Crippen LogP contribution in [-0.2, 0) is 11.2 Å². The normalized spacial score (nSPS) is 10.7. The van der Waals surface area contributed by atoms with Gasteiger partial charge in [-0.3, -0.25) is 0 Å². The Hall–Kier alpha value is -0.0300. The van der Waals surface area contributed by atoms with Crippen molar-refractivity contribution in [3.8, 4) is 0 Å². The summed E-state index contributed by atoms with van der Waals surface area (Å²) in [5.41, 5.74) is 6.94. The molecule has 0 aliphatic heterocycles. The zero-order chi connectivity index (χ0) is 11.8. The topological polar surface area (TPSA) is 35.2 Å². The number of hydrogen-bond acceptors (Lipinski definition) is 3. The summed E-state index contributed by atoms with van der Waals surface area (Å²) in [5.74, 6) is 1.09. The average molecular weight is 304 g/mol. The van der Waals surface area contributed by atoms with E-state index < -0.39 is 0 Å². The lowest BCUT2D eigenvalue weighted by atomic mass is 10.1. The van der Waals surface area contributed by atoms with Gasteiger partial charge in [-0.1, -0.05) is 22.0 Å². The van der Waals surface area contributed by atoms with Crippen LogP contribution >= 0.6 is 27.7 Å². The van der Waals surface area contributed by atoms with Gasteiger partial charge >= 0.3 is 0 Å². The summed E-state index contributed by atoms with van der Waals surface area (Å²) in [5, 5.41) is 0. The van der Waals surface area contributed by atoms with Crippen LogP contribution in [0.5, 0.6) is 0 Å². The van der Waals surface area contributed by atoms with E-state index >= 15 is 0 Å².